The highest BCUT2D eigenvalue weighted by molar-refractivity contribution is 5.78. The number of amides is 1. The maximum Gasteiger partial charge on any atom is 0.237 e. The van der Waals surface area contributed by atoms with Gasteiger partial charge in [0.25, 0.3) is 0 Å². The van der Waals surface area contributed by atoms with E-state index in [0.29, 0.717) is 6.54 Å². The van der Waals surface area contributed by atoms with E-state index in [1.54, 1.807) is 6.33 Å². The lowest BCUT2D eigenvalue weighted by molar-refractivity contribution is -0.133. The minimum absolute atomic E-state index is 0.194. The molecular weight excluding hydrogens is 312 g/mol. The normalized spacial score (nSPS) is 19.8. The van der Waals surface area contributed by atoms with Crippen molar-refractivity contribution in [1.82, 2.24) is 19.8 Å². The van der Waals surface area contributed by atoms with Crippen LogP contribution < -0.4 is 0 Å². The SMILES string of the molecule is CN(C(=O)CN1CCc2cncnc2C1)[C@@H]1CCCc2ccccc21. The van der Waals surface area contributed by atoms with E-state index in [2.05, 4.69) is 39.1 Å². The summed E-state index contributed by atoms with van der Waals surface area (Å²) >= 11 is 0. The van der Waals surface area contributed by atoms with Crippen molar-refractivity contribution in [1.29, 1.82) is 0 Å². The van der Waals surface area contributed by atoms with E-state index in [0.717, 1.165) is 44.5 Å². The van der Waals surface area contributed by atoms with Gasteiger partial charge in [0, 0.05) is 26.3 Å². The van der Waals surface area contributed by atoms with Gasteiger partial charge < -0.3 is 4.90 Å². The first kappa shape index (κ1) is 16.2. The maximum atomic E-state index is 12.9. The average Bonchev–Trinajstić information content (AvgIpc) is 2.67. The van der Waals surface area contributed by atoms with Gasteiger partial charge in [0.15, 0.2) is 0 Å². The molecule has 0 N–H and O–H groups in total. The Bertz CT molecular complexity index is 776. The van der Waals surface area contributed by atoms with Crippen molar-refractivity contribution in [3.05, 3.63) is 59.2 Å². The van der Waals surface area contributed by atoms with Crippen molar-refractivity contribution in [2.45, 2.75) is 38.3 Å². The van der Waals surface area contributed by atoms with Gasteiger partial charge in [-0.3, -0.25) is 9.69 Å². The van der Waals surface area contributed by atoms with Crippen molar-refractivity contribution in [2.24, 2.45) is 0 Å². The van der Waals surface area contributed by atoms with E-state index in [1.807, 2.05) is 18.1 Å². The second-order valence-electron chi connectivity index (χ2n) is 7.07. The first-order chi connectivity index (χ1) is 12.2. The third kappa shape index (κ3) is 3.29. The highest BCUT2D eigenvalue weighted by Gasteiger charge is 2.28. The van der Waals surface area contributed by atoms with Crippen LogP contribution in [0.3, 0.4) is 0 Å². The zero-order valence-electron chi connectivity index (χ0n) is 14.7. The molecule has 2 aromatic rings. The van der Waals surface area contributed by atoms with Crippen LogP contribution in [0.2, 0.25) is 0 Å². The molecule has 2 aliphatic rings. The minimum Gasteiger partial charge on any atom is -0.338 e. The lowest BCUT2D eigenvalue weighted by atomic mass is 9.87. The molecule has 0 radical (unpaired) electrons. The maximum absolute atomic E-state index is 12.9. The summed E-state index contributed by atoms with van der Waals surface area (Å²) in [5.41, 5.74) is 4.98. The fourth-order valence-electron chi connectivity index (χ4n) is 4.05. The quantitative estimate of drug-likeness (QED) is 0.863. The van der Waals surface area contributed by atoms with Gasteiger partial charge in [-0.1, -0.05) is 24.3 Å². The Balaban J connectivity index is 1.44. The Morgan fingerprint density at radius 1 is 1.28 bits per heavy atom. The topological polar surface area (TPSA) is 49.3 Å². The van der Waals surface area contributed by atoms with Gasteiger partial charge in [-0.15, -0.1) is 0 Å². The van der Waals surface area contributed by atoms with Crippen LogP contribution in [0.25, 0.3) is 0 Å². The Labute approximate surface area is 148 Å². The zero-order valence-corrected chi connectivity index (χ0v) is 14.7. The summed E-state index contributed by atoms with van der Waals surface area (Å²) < 4.78 is 0. The number of nitrogens with zero attached hydrogens (tertiary/aromatic N) is 4. The van der Waals surface area contributed by atoms with Crippen LogP contribution in [0.1, 0.15) is 41.3 Å². The Morgan fingerprint density at radius 2 is 2.16 bits per heavy atom. The Morgan fingerprint density at radius 3 is 3.08 bits per heavy atom. The summed E-state index contributed by atoms with van der Waals surface area (Å²) in [7, 11) is 1.95. The van der Waals surface area contributed by atoms with Gasteiger partial charge in [-0.05, 0) is 42.4 Å². The number of carbonyl (C=O) groups excluding carboxylic acids is 1. The van der Waals surface area contributed by atoms with E-state index >= 15 is 0 Å². The second-order valence-corrected chi connectivity index (χ2v) is 7.07. The molecule has 0 saturated carbocycles. The lowest BCUT2D eigenvalue weighted by Gasteiger charge is -2.35. The molecule has 130 valence electrons. The lowest BCUT2D eigenvalue weighted by Crippen LogP contribution is -2.42. The van der Waals surface area contributed by atoms with E-state index < -0.39 is 0 Å². The Kier molecular flexibility index (Phi) is 4.49. The largest absolute Gasteiger partial charge is 0.338 e. The minimum atomic E-state index is 0.194. The molecule has 0 unspecified atom stereocenters. The highest BCUT2D eigenvalue weighted by Crippen LogP contribution is 2.33. The van der Waals surface area contributed by atoms with E-state index in [-0.39, 0.29) is 11.9 Å². The zero-order chi connectivity index (χ0) is 17.2. The predicted octanol–water partition coefficient (Wildman–Crippen LogP) is 2.37. The van der Waals surface area contributed by atoms with Gasteiger partial charge in [0.2, 0.25) is 5.91 Å². The number of carbonyl (C=O) groups is 1. The second kappa shape index (κ2) is 6.92. The molecule has 0 saturated heterocycles. The monoisotopic (exact) mass is 336 g/mol. The van der Waals surface area contributed by atoms with Gasteiger partial charge in [-0.2, -0.15) is 0 Å². The van der Waals surface area contributed by atoms with Crippen molar-refractivity contribution in [3.63, 3.8) is 0 Å². The van der Waals surface area contributed by atoms with E-state index in [4.69, 9.17) is 0 Å². The third-order valence-corrected chi connectivity index (χ3v) is 5.51. The molecule has 4 rings (SSSR count). The van der Waals surface area contributed by atoms with Crippen molar-refractivity contribution in [3.8, 4) is 0 Å². The summed E-state index contributed by atoms with van der Waals surface area (Å²) in [5.74, 6) is 0.194. The molecule has 1 aliphatic heterocycles. The van der Waals surface area contributed by atoms with Crippen LogP contribution in [0, 0.1) is 0 Å². The molecule has 1 aromatic carbocycles. The van der Waals surface area contributed by atoms with Gasteiger partial charge in [-0.25, -0.2) is 9.97 Å². The van der Waals surface area contributed by atoms with Crippen LogP contribution >= 0.6 is 0 Å². The molecule has 25 heavy (non-hydrogen) atoms. The number of rotatable bonds is 3. The first-order valence-electron chi connectivity index (χ1n) is 9.06. The smallest absolute Gasteiger partial charge is 0.237 e. The number of fused-ring (bicyclic) bond motifs is 2. The summed E-state index contributed by atoms with van der Waals surface area (Å²) in [5, 5.41) is 0. The molecule has 0 spiro atoms. The van der Waals surface area contributed by atoms with Crippen LogP contribution in [0.15, 0.2) is 36.8 Å². The molecule has 5 heteroatoms. The summed E-state index contributed by atoms with van der Waals surface area (Å²) in [6, 6.07) is 8.75. The first-order valence-corrected chi connectivity index (χ1v) is 9.06. The highest BCUT2D eigenvalue weighted by atomic mass is 16.2. The molecule has 1 atom stereocenters. The molecule has 5 nitrogen and oxygen atoms in total. The number of aryl methyl sites for hydroxylation is 1. The fraction of sp³-hybridized carbons (Fsp3) is 0.450. The molecule has 1 amide bonds. The van der Waals surface area contributed by atoms with Crippen molar-refractivity contribution in [2.75, 3.05) is 20.1 Å². The summed E-state index contributed by atoms with van der Waals surface area (Å²) in [4.78, 5) is 25.5. The van der Waals surface area contributed by atoms with Crippen LogP contribution in [0.4, 0.5) is 0 Å². The van der Waals surface area contributed by atoms with Gasteiger partial charge in [0.05, 0.1) is 18.3 Å². The number of hydrogen-bond acceptors (Lipinski definition) is 4. The predicted molar refractivity (Wildman–Crippen MR) is 95.9 cm³/mol. The summed E-state index contributed by atoms with van der Waals surface area (Å²) in [6.07, 6.45) is 7.72. The van der Waals surface area contributed by atoms with Crippen molar-refractivity contribution >= 4 is 5.91 Å². The molecule has 2 heterocycles. The van der Waals surface area contributed by atoms with Crippen LogP contribution in [-0.2, 0) is 24.2 Å². The molecule has 0 fully saturated rings. The standard InChI is InChI=1S/C20H24N4O/c1-23(19-8-4-6-15-5-2-3-7-17(15)19)20(25)13-24-10-9-16-11-21-14-22-18(16)12-24/h2-3,5,7,11,14,19H,4,6,8-10,12-13H2,1H3/t19-/m1/s1. The Hall–Kier alpha value is -2.27. The number of hydrogen-bond donors (Lipinski definition) is 0. The molecule has 0 bridgehead atoms. The van der Waals surface area contributed by atoms with Crippen LogP contribution in [-0.4, -0.2) is 45.8 Å². The van der Waals surface area contributed by atoms with Gasteiger partial charge in [0.1, 0.15) is 6.33 Å². The third-order valence-electron chi connectivity index (χ3n) is 5.51. The fourth-order valence-corrected chi connectivity index (χ4v) is 4.05. The van der Waals surface area contributed by atoms with E-state index in [1.165, 1.54) is 16.7 Å². The molecule has 1 aromatic heterocycles. The molecule has 1 aliphatic carbocycles. The number of benzene rings is 1. The number of aromatic nitrogens is 2. The molecular formula is C20H24N4O. The average molecular weight is 336 g/mol. The van der Waals surface area contributed by atoms with E-state index in [9.17, 15) is 4.79 Å². The van der Waals surface area contributed by atoms with Crippen LogP contribution in [0.5, 0.6) is 0 Å². The number of likely N-dealkylation sites (N-methyl/N-ethyl adjacent to an activating group) is 1. The van der Waals surface area contributed by atoms with Gasteiger partial charge >= 0.3 is 0 Å². The summed E-state index contributed by atoms with van der Waals surface area (Å²) in [6.45, 7) is 2.08. The van der Waals surface area contributed by atoms with Crippen molar-refractivity contribution < 1.29 is 4.79 Å².